The van der Waals surface area contributed by atoms with Crippen molar-refractivity contribution >= 4 is 97.8 Å². The molecule has 0 N–H and O–H groups in total. The van der Waals surface area contributed by atoms with Crippen LogP contribution >= 0.6 is 0 Å². The van der Waals surface area contributed by atoms with E-state index in [1.807, 2.05) is 0 Å². The second-order valence-corrected chi connectivity index (χ2v) is 11.8. The fraction of sp³-hybridized carbons (Fsp3) is 0. The number of halogens is 8. The Bertz CT molecular complexity index is 147. The fourth-order valence-corrected chi connectivity index (χ4v) is 0. The second kappa shape index (κ2) is 2.11. The molecule has 0 unspecified atom stereocenters. The van der Waals surface area contributed by atoms with Crippen LogP contribution in [0.1, 0.15) is 0 Å². The molecule has 0 aromatic rings. The molecule has 0 aliphatic carbocycles. The molecule has 11 heavy (non-hydrogen) atoms. The first-order valence-electron chi connectivity index (χ1n) is 1.51. The van der Waals surface area contributed by atoms with Gasteiger partial charge in [-0.2, -0.15) is 0 Å². The average Bonchev–Trinajstić information content (AvgIpc) is 0.503. The molecule has 11 heteroatoms. The molecule has 0 fully saturated rings. The molecule has 0 aromatic heterocycles. The van der Waals surface area contributed by atoms with Crippen LogP contribution in [0.2, 0.25) is 0 Å². The summed E-state index contributed by atoms with van der Waals surface area (Å²) < 4.78 is 79.6. The van der Waals surface area contributed by atoms with Gasteiger partial charge < -0.3 is 0 Å². The van der Waals surface area contributed by atoms with Gasteiger partial charge >= 0.3 is 138 Å². The zero-order valence-corrected chi connectivity index (χ0v) is 16.3. The van der Waals surface area contributed by atoms with Crippen molar-refractivity contribution in [1.29, 1.82) is 0 Å². The van der Waals surface area contributed by atoms with E-state index in [2.05, 4.69) is 0 Å². The van der Waals surface area contributed by atoms with E-state index in [4.69, 9.17) is 0 Å². The summed E-state index contributed by atoms with van der Waals surface area (Å²) in [6.07, 6.45) is 0. The minimum absolute atomic E-state index is 0. The van der Waals surface area contributed by atoms with Gasteiger partial charge in [0.1, 0.15) is 0 Å². The van der Waals surface area contributed by atoms with Crippen molar-refractivity contribution in [2.45, 2.75) is 0 Å². The van der Waals surface area contributed by atoms with Crippen molar-refractivity contribution in [3.05, 3.63) is 0 Å². The summed E-state index contributed by atoms with van der Waals surface area (Å²) in [5.74, 6) is 0. The van der Waals surface area contributed by atoms with Crippen LogP contribution in [0.4, 0.5) is 21.0 Å². The fourth-order valence-electron chi connectivity index (χ4n) is 0. The summed E-state index contributed by atoms with van der Waals surface area (Å²) in [5.41, 5.74) is 0. The van der Waals surface area contributed by atoms with Crippen LogP contribution in [0.25, 0.3) is 0 Å². The number of rotatable bonds is 0. The van der Waals surface area contributed by atoms with Gasteiger partial charge in [-0.25, -0.2) is 0 Å². The molecule has 0 saturated carbocycles. The first kappa shape index (κ1) is 20.0. The Morgan fingerprint density at radius 2 is 0.455 bits per heavy atom. The van der Waals surface area contributed by atoms with Crippen molar-refractivity contribution in [2.75, 3.05) is 0 Å². The zero-order valence-electron chi connectivity index (χ0n) is 4.94. The summed E-state index contributed by atoms with van der Waals surface area (Å²) in [6, 6.07) is 0. The van der Waals surface area contributed by atoms with Gasteiger partial charge in [0, 0.05) is 0 Å². The van der Waals surface area contributed by atoms with E-state index in [1.54, 1.807) is 0 Å². The first-order valence-corrected chi connectivity index (χ1v) is 8.94. The van der Waals surface area contributed by atoms with E-state index in [1.165, 1.54) is 0 Å². The van der Waals surface area contributed by atoms with Crippen LogP contribution in [0.3, 0.4) is 0 Å². The van der Waals surface area contributed by atoms with Gasteiger partial charge in [-0.05, 0) is 0 Å². The van der Waals surface area contributed by atoms with Crippen LogP contribution in [0.15, 0.2) is 0 Å². The summed E-state index contributed by atoms with van der Waals surface area (Å²) in [7, 11) is 0. The van der Waals surface area contributed by atoms with Crippen LogP contribution in [0, 0.1) is 0 Å². The van der Waals surface area contributed by atoms with E-state index >= 15 is 0 Å². The van der Waals surface area contributed by atoms with Crippen molar-refractivity contribution in [1.82, 2.24) is 0 Å². The van der Waals surface area contributed by atoms with Gasteiger partial charge in [-0.3, -0.25) is 0 Å². The normalized spacial score (nSPS) is 25.5. The SMILES string of the molecule is [Ba+2].[Ba+2].[F][Zr-4]([F])([F])([F])([F])([F])([F])[F]. The van der Waals surface area contributed by atoms with Crippen LogP contribution in [-0.4, -0.2) is 97.8 Å². The third kappa shape index (κ3) is 147. The van der Waals surface area contributed by atoms with E-state index < -0.39 is 19.2 Å². The van der Waals surface area contributed by atoms with Gasteiger partial charge in [0.2, 0.25) is 0 Å². The maximum absolute atomic E-state index is 15.4. The van der Waals surface area contributed by atoms with Gasteiger partial charge in [-0.15, -0.1) is 0 Å². The van der Waals surface area contributed by atoms with Gasteiger partial charge in [0.05, 0.1) is 0 Å². The molecule has 0 bridgehead atoms. The van der Waals surface area contributed by atoms with E-state index in [-0.39, 0.29) is 97.8 Å². The molecule has 0 radical (unpaired) electrons. The summed E-state index contributed by atoms with van der Waals surface area (Å²) in [6.45, 7) is 0. The molecular weight excluding hydrogens is 518 g/mol. The van der Waals surface area contributed by atoms with Crippen LogP contribution < -0.4 is 0 Å². The molecule has 0 amide bonds. The summed E-state index contributed by atoms with van der Waals surface area (Å²) >= 11 is -15.4. The van der Waals surface area contributed by atoms with Crippen molar-refractivity contribution < 1.29 is 40.2 Å². The molecule has 0 aliphatic rings. The van der Waals surface area contributed by atoms with Crippen LogP contribution in [0.5, 0.6) is 0 Å². The van der Waals surface area contributed by atoms with Crippen molar-refractivity contribution in [3.63, 3.8) is 0 Å². The van der Waals surface area contributed by atoms with E-state index in [9.17, 15) is 21.0 Å². The molecular formula is Ba2F8Zr. The maximum atomic E-state index is 9.95. The predicted octanol–water partition coefficient (Wildman–Crippen LogP) is 2.60. The second-order valence-electron chi connectivity index (χ2n) is 2.00. The van der Waals surface area contributed by atoms with Gasteiger partial charge in [0.25, 0.3) is 0 Å². The van der Waals surface area contributed by atoms with Crippen molar-refractivity contribution in [3.8, 4) is 0 Å². The molecule has 0 saturated heterocycles. The molecule has 64 valence electrons. The predicted molar refractivity (Wildman–Crippen MR) is 20.4 cm³/mol. The van der Waals surface area contributed by atoms with E-state index in [0.29, 0.717) is 0 Å². The van der Waals surface area contributed by atoms with Crippen molar-refractivity contribution in [2.24, 2.45) is 0 Å². The standard InChI is InChI=1S/2Ba.8FH.Zr/h;;8*1H;/q2*+2;;;;;;;;;+4/p-8. The Morgan fingerprint density at radius 3 is 0.455 bits per heavy atom. The van der Waals surface area contributed by atoms with Gasteiger partial charge in [0.15, 0.2) is 0 Å². The Hall–Kier alpha value is 3.47. The van der Waals surface area contributed by atoms with Crippen LogP contribution in [-0.2, 0) is 19.2 Å². The number of hydrogen-bond acceptors (Lipinski definition) is 0. The third-order valence-corrected chi connectivity index (χ3v) is 0. The molecule has 0 heterocycles. The van der Waals surface area contributed by atoms with Gasteiger partial charge in [-0.1, -0.05) is 0 Å². The zero-order chi connectivity index (χ0) is 8.35. The molecule has 0 nitrogen and oxygen atoms in total. The quantitative estimate of drug-likeness (QED) is 0.342. The summed E-state index contributed by atoms with van der Waals surface area (Å²) in [4.78, 5) is 0. The third-order valence-electron chi connectivity index (χ3n) is 0. The Balaban J connectivity index is -0.000000320. The Labute approximate surface area is 134 Å². The molecule has 0 aliphatic heterocycles. The Morgan fingerprint density at radius 1 is 0.455 bits per heavy atom. The topological polar surface area (TPSA) is 0 Å². The average molecular weight is 518 g/mol. The Kier molecular flexibility index (Phi) is 3.83. The minimum atomic E-state index is -15.4. The van der Waals surface area contributed by atoms with E-state index in [0.717, 1.165) is 0 Å². The molecule has 0 aromatic carbocycles. The first-order chi connectivity index (χ1) is 2.83. The summed E-state index contributed by atoms with van der Waals surface area (Å²) in [5, 5.41) is 0. The molecule has 0 rings (SSSR count). The molecule has 0 atom stereocenters. The number of hydrogen-bond donors (Lipinski definition) is 0. The monoisotopic (exact) mass is 518 g/mol. The molecule has 0 spiro atoms.